The highest BCUT2D eigenvalue weighted by atomic mass is 16.5. The first-order chi connectivity index (χ1) is 20.4. The molecule has 3 heterocycles. The first kappa shape index (κ1) is 27.6. The minimum Gasteiger partial charge on any atom is -0.497 e. The number of nitrogens with one attached hydrogen (secondary N) is 3. The lowest BCUT2D eigenvalue weighted by Crippen LogP contribution is -2.58. The van der Waals surface area contributed by atoms with E-state index in [4.69, 9.17) is 4.74 Å². The highest BCUT2D eigenvalue weighted by Crippen LogP contribution is 2.46. The van der Waals surface area contributed by atoms with Crippen LogP contribution in [0.2, 0.25) is 0 Å². The topological polar surface area (TPSA) is 104 Å². The lowest BCUT2D eigenvalue weighted by Gasteiger charge is -2.38. The Hall–Kier alpha value is -4.59. The van der Waals surface area contributed by atoms with Gasteiger partial charge in [-0.2, -0.15) is 0 Å². The van der Waals surface area contributed by atoms with Gasteiger partial charge in [0.2, 0.25) is 11.8 Å². The smallest absolute Gasteiger partial charge is 0.255 e. The molecule has 4 aromatic rings. The number of para-hydroxylation sites is 1. The summed E-state index contributed by atoms with van der Waals surface area (Å²) in [4.78, 5) is 46.5. The van der Waals surface area contributed by atoms with Gasteiger partial charge in [-0.15, -0.1) is 0 Å². The molecule has 0 saturated carbocycles. The predicted molar refractivity (Wildman–Crippen MR) is 161 cm³/mol. The normalized spacial score (nSPS) is 18.5. The number of benzene rings is 3. The van der Waals surface area contributed by atoms with Crippen LogP contribution < -0.4 is 15.4 Å². The van der Waals surface area contributed by atoms with Crippen molar-refractivity contribution in [2.75, 3.05) is 13.7 Å². The van der Waals surface area contributed by atoms with Crippen LogP contribution in [0.5, 0.6) is 5.75 Å². The number of amides is 3. The summed E-state index contributed by atoms with van der Waals surface area (Å²) < 4.78 is 5.22. The van der Waals surface area contributed by atoms with Crippen molar-refractivity contribution in [2.45, 2.75) is 51.2 Å². The van der Waals surface area contributed by atoms with Crippen molar-refractivity contribution >= 4 is 28.6 Å². The molecule has 0 saturated heterocycles. The fourth-order valence-corrected chi connectivity index (χ4v) is 6.32. The van der Waals surface area contributed by atoms with Gasteiger partial charge in [-0.05, 0) is 53.3 Å². The van der Waals surface area contributed by atoms with Crippen LogP contribution in [0.1, 0.15) is 59.1 Å². The molecule has 0 aliphatic carbocycles. The van der Waals surface area contributed by atoms with Crippen molar-refractivity contribution in [3.63, 3.8) is 0 Å². The number of fused-ring (bicyclic) bond motifs is 7. The molecule has 42 heavy (non-hydrogen) atoms. The van der Waals surface area contributed by atoms with Crippen molar-refractivity contribution in [2.24, 2.45) is 5.92 Å². The molecule has 3 amide bonds. The van der Waals surface area contributed by atoms with Crippen LogP contribution in [0.4, 0.5) is 0 Å². The average Bonchev–Trinajstić information content (AvgIpc) is 3.54. The second-order valence-electron chi connectivity index (χ2n) is 11.2. The maximum Gasteiger partial charge on any atom is 0.255 e. The molecule has 2 aliphatic rings. The molecule has 3 aromatic carbocycles. The highest BCUT2D eigenvalue weighted by Gasteiger charge is 2.49. The van der Waals surface area contributed by atoms with E-state index < -0.39 is 12.1 Å². The average molecular weight is 565 g/mol. The maximum atomic E-state index is 14.1. The largest absolute Gasteiger partial charge is 0.497 e. The molecule has 8 heteroatoms. The molecule has 2 aliphatic heterocycles. The van der Waals surface area contributed by atoms with Crippen molar-refractivity contribution in [1.82, 2.24) is 20.5 Å². The Kier molecular flexibility index (Phi) is 7.45. The molecule has 4 atom stereocenters. The third-order valence-electron chi connectivity index (χ3n) is 8.82. The summed E-state index contributed by atoms with van der Waals surface area (Å²) in [5, 5.41) is 7.13. The first-order valence-electron chi connectivity index (χ1n) is 14.6. The lowest BCUT2D eigenvalue weighted by molar-refractivity contribution is -0.133. The summed E-state index contributed by atoms with van der Waals surface area (Å²) in [5.41, 5.74) is 5.56. The van der Waals surface area contributed by atoms with Crippen LogP contribution >= 0.6 is 0 Å². The standard InChI is InChI=1S/C34H36N4O4/c1-4-20(2)29(33(40)35-18-17-21-13-15-22(42-3)16-14-21)37-32(39)28-19-26-23-9-7-8-12-27(23)36-30(26)31-24-10-5-6-11-25(24)34(41)38(28)31/h5-16,20,28-29,31,36H,4,17-19H2,1-3H3,(H,35,40)(H,37,39)/t20-,28-,29-,31+/m0/s1. The van der Waals surface area contributed by atoms with Crippen LogP contribution in [-0.4, -0.2) is 53.3 Å². The minimum absolute atomic E-state index is 0.0931. The van der Waals surface area contributed by atoms with Gasteiger partial charge in [0.15, 0.2) is 0 Å². The Balaban J connectivity index is 1.24. The van der Waals surface area contributed by atoms with Gasteiger partial charge < -0.3 is 25.3 Å². The summed E-state index contributed by atoms with van der Waals surface area (Å²) in [6, 6.07) is 21.5. The summed E-state index contributed by atoms with van der Waals surface area (Å²) in [7, 11) is 1.63. The van der Waals surface area contributed by atoms with Crippen molar-refractivity contribution < 1.29 is 19.1 Å². The number of ether oxygens (including phenoxy) is 1. The molecule has 3 N–H and O–H groups in total. The second kappa shape index (κ2) is 11.4. The number of aromatic amines is 1. The van der Waals surface area contributed by atoms with Gasteiger partial charge in [-0.1, -0.05) is 68.8 Å². The molecule has 6 rings (SSSR count). The van der Waals surface area contributed by atoms with E-state index in [0.29, 0.717) is 31.4 Å². The fourth-order valence-electron chi connectivity index (χ4n) is 6.32. The highest BCUT2D eigenvalue weighted by molar-refractivity contribution is 6.04. The molecule has 216 valence electrons. The predicted octanol–water partition coefficient (Wildman–Crippen LogP) is 4.54. The number of hydrogen-bond acceptors (Lipinski definition) is 4. The Bertz CT molecular complexity index is 1640. The van der Waals surface area contributed by atoms with Crippen LogP contribution in [0.25, 0.3) is 10.9 Å². The van der Waals surface area contributed by atoms with E-state index in [0.717, 1.165) is 39.0 Å². The number of carbonyl (C=O) groups is 3. The number of H-pyrrole nitrogens is 1. The quantitative estimate of drug-likeness (QED) is 0.278. The summed E-state index contributed by atoms with van der Waals surface area (Å²) in [5.74, 6) is -0.00441. The molecule has 1 aromatic heterocycles. The van der Waals surface area contributed by atoms with Crippen LogP contribution in [0, 0.1) is 5.92 Å². The maximum absolute atomic E-state index is 14.1. The van der Waals surface area contributed by atoms with E-state index >= 15 is 0 Å². The van der Waals surface area contributed by atoms with Crippen molar-refractivity contribution in [3.8, 4) is 5.75 Å². The SMILES string of the molecule is CC[C@H](C)[C@H](NC(=O)[C@@H]1Cc2c([nH]c3ccccc23)[C@H]2c3ccccc3C(=O)N21)C(=O)NCCc1ccc(OC)cc1. The van der Waals surface area contributed by atoms with Gasteiger partial charge >= 0.3 is 0 Å². The zero-order valence-electron chi connectivity index (χ0n) is 24.1. The minimum atomic E-state index is -0.750. The summed E-state index contributed by atoms with van der Waals surface area (Å²) >= 11 is 0. The number of rotatable bonds is 9. The number of nitrogens with zero attached hydrogens (tertiary/aromatic N) is 1. The molecular formula is C34H36N4O4. The molecule has 0 spiro atoms. The molecule has 8 nitrogen and oxygen atoms in total. The monoisotopic (exact) mass is 564 g/mol. The number of hydrogen-bond donors (Lipinski definition) is 3. The van der Waals surface area contributed by atoms with Gasteiger partial charge in [0.25, 0.3) is 5.91 Å². The van der Waals surface area contributed by atoms with Crippen LogP contribution in [-0.2, 0) is 22.4 Å². The Morgan fingerprint density at radius 1 is 1.05 bits per heavy atom. The number of carbonyl (C=O) groups excluding carboxylic acids is 3. The lowest BCUT2D eigenvalue weighted by atomic mass is 9.89. The van der Waals surface area contributed by atoms with Crippen molar-refractivity contribution in [3.05, 3.63) is 101 Å². The Morgan fingerprint density at radius 3 is 2.55 bits per heavy atom. The Labute approximate surface area is 245 Å². The van der Waals surface area contributed by atoms with E-state index in [2.05, 4.69) is 21.7 Å². The van der Waals surface area contributed by atoms with E-state index in [1.807, 2.05) is 80.6 Å². The van der Waals surface area contributed by atoms with E-state index in [1.165, 1.54) is 0 Å². The zero-order chi connectivity index (χ0) is 29.4. The molecule has 0 unspecified atom stereocenters. The first-order valence-corrected chi connectivity index (χ1v) is 14.6. The second-order valence-corrected chi connectivity index (χ2v) is 11.2. The summed E-state index contributed by atoms with van der Waals surface area (Å²) in [6.07, 6.45) is 1.74. The van der Waals surface area contributed by atoms with Gasteiger partial charge in [0.1, 0.15) is 17.8 Å². The van der Waals surface area contributed by atoms with E-state index in [-0.39, 0.29) is 29.7 Å². The Morgan fingerprint density at radius 2 is 1.79 bits per heavy atom. The van der Waals surface area contributed by atoms with Crippen LogP contribution in [0.15, 0.2) is 72.8 Å². The third-order valence-corrected chi connectivity index (χ3v) is 8.82. The zero-order valence-corrected chi connectivity index (χ0v) is 24.1. The number of aromatic nitrogens is 1. The van der Waals surface area contributed by atoms with Gasteiger partial charge in [0, 0.05) is 35.1 Å². The van der Waals surface area contributed by atoms with E-state index in [1.54, 1.807) is 12.0 Å². The van der Waals surface area contributed by atoms with Crippen LogP contribution in [0.3, 0.4) is 0 Å². The molecule has 0 fully saturated rings. The van der Waals surface area contributed by atoms with Gasteiger partial charge in [0.05, 0.1) is 13.2 Å². The van der Waals surface area contributed by atoms with Crippen molar-refractivity contribution in [1.29, 1.82) is 0 Å². The summed E-state index contributed by atoms with van der Waals surface area (Å²) in [6.45, 7) is 4.41. The third kappa shape index (κ3) is 4.81. The molecule has 0 radical (unpaired) electrons. The van der Waals surface area contributed by atoms with Gasteiger partial charge in [-0.25, -0.2) is 0 Å². The molecular weight excluding hydrogens is 528 g/mol. The number of methoxy groups -OCH3 is 1. The van der Waals surface area contributed by atoms with E-state index in [9.17, 15) is 14.4 Å². The fraction of sp³-hybridized carbons (Fsp3) is 0.324. The molecule has 0 bridgehead atoms. The van der Waals surface area contributed by atoms with Gasteiger partial charge in [-0.3, -0.25) is 14.4 Å².